The zero-order chi connectivity index (χ0) is 32.6. The second kappa shape index (κ2) is 12.3. The maximum atomic E-state index is 14.5. The number of carboxylic acids is 1. The minimum Gasteiger partial charge on any atom is -0.497 e. The number of anilines is 1. The Morgan fingerprint density at radius 3 is 2.16 bits per heavy atom. The van der Waals surface area contributed by atoms with Gasteiger partial charge in [0.25, 0.3) is 0 Å². The third kappa shape index (κ3) is 5.28. The molecule has 44 heavy (non-hydrogen) atoms. The lowest BCUT2D eigenvalue weighted by Gasteiger charge is -2.43. The third-order valence-electron chi connectivity index (χ3n) is 8.08. The van der Waals surface area contributed by atoms with Crippen molar-refractivity contribution >= 4 is 44.7 Å². The molecule has 0 saturated carbocycles. The summed E-state index contributed by atoms with van der Waals surface area (Å²) < 4.78 is 39.6. The van der Waals surface area contributed by atoms with Gasteiger partial charge < -0.3 is 24.6 Å². The Balaban J connectivity index is 0.000000339. The molecule has 1 aliphatic heterocycles. The maximum absolute atomic E-state index is 14.5. The number of benzene rings is 4. The Morgan fingerprint density at radius 2 is 1.57 bits per heavy atom. The van der Waals surface area contributed by atoms with Gasteiger partial charge in [0.05, 0.1) is 19.8 Å². The van der Waals surface area contributed by atoms with E-state index < -0.39 is 26.3 Å². The van der Waals surface area contributed by atoms with Gasteiger partial charge in [0.15, 0.2) is 10.5 Å². The normalized spacial score (nSPS) is 19.1. The zero-order valence-corrected chi connectivity index (χ0v) is 27.4. The van der Waals surface area contributed by atoms with Gasteiger partial charge in [-0.25, -0.2) is 13.2 Å². The van der Waals surface area contributed by atoms with Crippen LogP contribution in [-0.4, -0.2) is 50.7 Å². The van der Waals surface area contributed by atoms with E-state index in [2.05, 4.69) is 0 Å². The highest BCUT2D eigenvalue weighted by atomic mass is 35.5. The number of likely N-dealkylation sites (N-methyl/N-ethyl adjacent to an activating group) is 1. The van der Waals surface area contributed by atoms with Gasteiger partial charge in [-0.05, 0) is 68.8 Å². The highest BCUT2D eigenvalue weighted by Gasteiger charge is 2.67. The Morgan fingerprint density at radius 1 is 0.886 bits per heavy atom. The van der Waals surface area contributed by atoms with Gasteiger partial charge in [0.1, 0.15) is 16.4 Å². The summed E-state index contributed by atoms with van der Waals surface area (Å²) in [5.41, 5.74) is 1.30. The van der Waals surface area contributed by atoms with Gasteiger partial charge >= 0.3 is 5.97 Å². The molecular formula is C33H33Cl2NO7S. The molecule has 232 valence electrons. The monoisotopic (exact) mass is 657 g/mol. The van der Waals surface area contributed by atoms with E-state index in [1.807, 2.05) is 13.0 Å². The van der Waals surface area contributed by atoms with E-state index in [0.29, 0.717) is 27.6 Å². The SMILES string of the molecule is COc1ccc(OC)c(S(=O)(=O)C2(C)N(C)c3ccc(Cl)cc3C2(O)c2ccccc2Cl)c1.Cc1ccc(C(=O)O)c(C)c1. The van der Waals surface area contributed by atoms with Crippen molar-refractivity contribution in [2.24, 2.45) is 0 Å². The Kier molecular flexibility index (Phi) is 9.28. The highest BCUT2D eigenvalue weighted by molar-refractivity contribution is 7.93. The van der Waals surface area contributed by atoms with Crippen molar-refractivity contribution in [3.05, 3.63) is 117 Å². The molecule has 4 aromatic carbocycles. The number of fused-ring (bicyclic) bond motifs is 1. The van der Waals surface area contributed by atoms with Crippen LogP contribution in [-0.2, 0) is 15.4 Å². The number of nitrogens with zero attached hydrogens (tertiary/aromatic N) is 1. The number of halogens is 2. The molecule has 2 unspecified atom stereocenters. The lowest BCUT2D eigenvalue weighted by atomic mass is 9.82. The average Bonchev–Trinajstić information content (AvgIpc) is 3.16. The van der Waals surface area contributed by atoms with Gasteiger partial charge in [-0.3, -0.25) is 0 Å². The Hall–Kier alpha value is -3.76. The highest BCUT2D eigenvalue weighted by Crippen LogP contribution is 2.59. The summed E-state index contributed by atoms with van der Waals surface area (Å²) in [6.45, 7) is 5.22. The number of ether oxygens (including phenoxy) is 2. The molecule has 11 heteroatoms. The van der Waals surface area contributed by atoms with Crippen molar-refractivity contribution in [3.8, 4) is 11.5 Å². The van der Waals surface area contributed by atoms with E-state index >= 15 is 0 Å². The smallest absolute Gasteiger partial charge is 0.335 e. The second-order valence-corrected chi connectivity index (χ2v) is 13.6. The van der Waals surface area contributed by atoms with Crippen molar-refractivity contribution in [2.45, 2.75) is 36.1 Å². The van der Waals surface area contributed by atoms with Crippen LogP contribution in [0.4, 0.5) is 5.69 Å². The number of aromatic carboxylic acids is 1. The van der Waals surface area contributed by atoms with Crippen molar-refractivity contribution in [2.75, 3.05) is 26.2 Å². The molecule has 2 N–H and O–H groups in total. The number of aryl methyl sites for hydroxylation is 2. The number of methoxy groups -OCH3 is 2. The number of aliphatic hydroxyl groups is 1. The predicted molar refractivity (Wildman–Crippen MR) is 172 cm³/mol. The summed E-state index contributed by atoms with van der Waals surface area (Å²) in [6.07, 6.45) is 0. The van der Waals surface area contributed by atoms with Gasteiger partial charge in [0.2, 0.25) is 9.84 Å². The average molecular weight is 659 g/mol. The summed E-state index contributed by atoms with van der Waals surface area (Å²) in [6, 6.07) is 21.3. The Labute approximate surface area is 267 Å². The van der Waals surface area contributed by atoms with Crippen LogP contribution in [0.5, 0.6) is 11.5 Å². The minimum absolute atomic E-state index is 0.122. The van der Waals surface area contributed by atoms with E-state index in [9.17, 15) is 18.3 Å². The summed E-state index contributed by atoms with van der Waals surface area (Å²) in [7, 11) is 0.0994. The van der Waals surface area contributed by atoms with E-state index in [4.69, 9.17) is 37.8 Å². The standard InChI is InChI=1S/C24H23Cl2NO5S.C9H10O2/c1-23(33(29,30)22-14-16(31-3)10-12-21(22)32-4)24(28,17-7-5-6-8-19(17)26)18-13-15(25)9-11-20(18)27(23)2;1-6-3-4-8(9(10)11)7(2)5-6/h5-14,28H,1-4H3;3-5H,1-2H3,(H,10,11). The summed E-state index contributed by atoms with van der Waals surface area (Å²) >= 11 is 12.8. The molecule has 4 aromatic rings. The van der Waals surface area contributed by atoms with E-state index in [-0.39, 0.29) is 21.2 Å². The predicted octanol–water partition coefficient (Wildman–Crippen LogP) is 6.89. The van der Waals surface area contributed by atoms with E-state index in [1.54, 1.807) is 74.6 Å². The molecule has 0 amide bonds. The van der Waals surface area contributed by atoms with Crippen LogP contribution in [0.15, 0.2) is 83.8 Å². The lowest BCUT2D eigenvalue weighted by molar-refractivity contribution is 0.0504. The molecule has 0 aliphatic carbocycles. The number of carbonyl (C=O) groups is 1. The second-order valence-electron chi connectivity index (χ2n) is 10.5. The molecule has 0 bridgehead atoms. The molecule has 2 atom stereocenters. The third-order valence-corrected chi connectivity index (χ3v) is 11.2. The molecule has 1 aliphatic rings. The minimum atomic E-state index is -4.35. The van der Waals surface area contributed by atoms with Crippen molar-refractivity contribution in [1.29, 1.82) is 0 Å². The van der Waals surface area contributed by atoms with E-state index in [0.717, 1.165) is 11.1 Å². The first-order valence-electron chi connectivity index (χ1n) is 13.4. The topological polar surface area (TPSA) is 113 Å². The largest absolute Gasteiger partial charge is 0.497 e. The van der Waals surface area contributed by atoms with Crippen LogP contribution >= 0.6 is 23.2 Å². The molecule has 0 fully saturated rings. The maximum Gasteiger partial charge on any atom is 0.335 e. The quantitative estimate of drug-likeness (QED) is 0.230. The number of carboxylic acid groups (broad SMARTS) is 1. The number of sulfone groups is 1. The van der Waals surface area contributed by atoms with Crippen LogP contribution in [0.25, 0.3) is 0 Å². The molecular weight excluding hydrogens is 625 g/mol. The first-order chi connectivity index (χ1) is 20.6. The fraction of sp³-hybridized carbons (Fsp3) is 0.242. The van der Waals surface area contributed by atoms with Crippen molar-refractivity contribution in [3.63, 3.8) is 0 Å². The van der Waals surface area contributed by atoms with Crippen LogP contribution < -0.4 is 14.4 Å². The van der Waals surface area contributed by atoms with E-state index in [1.165, 1.54) is 38.2 Å². The molecule has 8 nitrogen and oxygen atoms in total. The summed E-state index contributed by atoms with van der Waals surface area (Å²) in [4.78, 5) is 10.0. The summed E-state index contributed by atoms with van der Waals surface area (Å²) in [5, 5.41) is 21.7. The van der Waals surface area contributed by atoms with Gasteiger partial charge in [-0.1, -0.05) is 59.1 Å². The van der Waals surface area contributed by atoms with Crippen LogP contribution in [0.2, 0.25) is 10.0 Å². The van der Waals surface area contributed by atoms with Gasteiger partial charge in [-0.2, -0.15) is 0 Å². The fourth-order valence-corrected chi connectivity index (χ4v) is 8.23. The first-order valence-corrected chi connectivity index (χ1v) is 15.7. The summed E-state index contributed by atoms with van der Waals surface area (Å²) in [5.74, 6) is -0.399. The van der Waals surface area contributed by atoms with Crippen LogP contribution in [0, 0.1) is 13.8 Å². The van der Waals surface area contributed by atoms with Gasteiger partial charge in [0, 0.05) is 40.0 Å². The van der Waals surface area contributed by atoms with Crippen LogP contribution in [0.3, 0.4) is 0 Å². The molecule has 0 aromatic heterocycles. The van der Waals surface area contributed by atoms with Crippen molar-refractivity contribution in [1.82, 2.24) is 0 Å². The Bertz CT molecular complexity index is 1850. The van der Waals surface area contributed by atoms with Gasteiger partial charge in [-0.15, -0.1) is 0 Å². The molecule has 0 saturated heterocycles. The zero-order valence-electron chi connectivity index (χ0n) is 25.1. The first kappa shape index (κ1) is 33.1. The molecule has 0 spiro atoms. The number of hydrogen-bond acceptors (Lipinski definition) is 7. The van der Waals surface area contributed by atoms with Crippen LogP contribution in [0.1, 0.15) is 39.5 Å². The number of hydrogen-bond donors (Lipinski definition) is 2. The lowest BCUT2D eigenvalue weighted by Crippen LogP contribution is -2.60. The molecule has 0 radical (unpaired) electrons. The molecule has 5 rings (SSSR count). The van der Waals surface area contributed by atoms with Crippen molar-refractivity contribution < 1.29 is 32.9 Å². The molecule has 1 heterocycles. The number of rotatable bonds is 6. The fourth-order valence-electron chi connectivity index (χ4n) is 5.60.